The molecule has 1 N–H and O–H groups in total. The maximum Gasteiger partial charge on any atom is 0.0724 e. The molecule has 19 heavy (non-hydrogen) atoms. The first-order valence-electron chi connectivity index (χ1n) is 7.10. The van der Waals surface area contributed by atoms with Gasteiger partial charge in [0.1, 0.15) is 0 Å². The SMILES string of the molecule is CCC1SCCSC1C(O)Cc1cc(C)nn1CC. The van der Waals surface area contributed by atoms with E-state index in [4.69, 9.17) is 0 Å². The minimum absolute atomic E-state index is 0.260. The lowest BCUT2D eigenvalue weighted by molar-refractivity contribution is 0.166. The average Bonchev–Trinajstić information content (AvgIpc) is 2.78. The third-order valence-electron chi connectivity index (χ3n) is 3.58. The van der Waals surface area contributed by atoms with Crippen LogP contribution in [0.25, 0.3) is 0 Å². The van der Waals surface area contributed by atoms with E-state index in [1.54, 1.807) is 0 Å². The average molecular weight is 300 g/mol. The summed E-state index contributed by atoms with van der Waals surface area (Å²) >= 11 is 3.97. The van der Waals surface area contributed by atoms with Crippen LogP contribution in [0.15, 0.2) is 6.07 Å². The highest BCUT2D eigenvalue weighted by atomic mass is 32.2. The summed E-state index contributed by atoms with van der Waals surface area (Å²) < 4.78 is 2.01. The van der Waals surface area contributed by atoms with Crippen LogP contribution >= 0.6 is 23.5 Å². The second-order valence-electron chi connectivity index (χ2n) is 5.02. The van der Waals surface area contributed by atoms with Gasteiger partial charge in [-0.05, 0) is 26.3 Å². The van der Waals surface area contributed by atoms with Gasteiger partial charge in [0.25, 0.3) is 0 Å². The van der Waals surface area contributed by atoms with Crippen molar-refractivity contribution >= 4 is 23.5 Å². The second kappa shape index (κ2) is 7.04. The van der Waals surface area contributed by atoms with E-state index >= 15 is 0 Å². The molecule has 1 aliphatic heterocycles. The summed E-state index contributed by atoms with van der Waals surface area (Å²) in [6, 6.07) is 2.11. The summed E-state index contributed by atoms with van der Waals surface area (Å²) in [6.07, 6.45) is 1.61. The third-order valence-corrected chi connectivity index (χ3v) is 6.97. The zero-order chi connectivity index (χ0) is 13.8. The Kier molecular flexibility index (Phi) is 5.66. The Labute approximate surface area is 124 Å². The second-order valence-corrected chi connectivity index (χ2v) is 7.65. The number of hydrogen-bond donors (Lipinski definition) is 1. The van der Waals surface area contributed by atoms with Crippen LogP contribution in [0.4, 0.5) is 0 Å². The molecule has 5 heteroatoms. The molecule has 3 unspecified atom stereocenters. The highest BCUT2D eigenvalue weighted by molar-refractivity contribution is 8.07. The van der Waals surface area contributed by atoms with E-state index in [0.717, 1.165) is 30.8 Å². The van der Waals surface area contributed by atoms with Crippen LogP contribution in [0.1, 0.15) is 31.7 Å². The molecule has 0 bridgehead atoms. The first-order valence-corrected chi connectivity index (χ1v) is 9.20. The van der Waals surface area contributed by atoms with Gasteiger partial charge in [0.2, 0.25) is 0 Å². The van der Waals surface area contributed by atoms with Gasteiger partial charge in [-0.3, -0.25) is 4.68 Å². The van der Waals surface area contributed by atoms with Gasteiger partial charge >= 0.3 is 0 Å². The van der Waals surface area contributed by atoms with Crippen molar-refractivity contribution < 1.29 is 5.11 Å². The van der Waals surface area contributed by atoms with Gasteiger partial charge in [0, 0.05) is 40.7 Å². The van der Waals surface area contributed by atoms with Crippen LogP contribution in [-0.2, 0) is 13.0 Å². The van der Waals surface area contributed by atoms with E-state index in [-0.39, 0.29) is 6.10 Å². The topological polar surface area (TPSA) is 38.1 Å². The van der Waals surface area contributed by atoms with Crippen molar-refractivity contribution in [3.63, 3.8) is 0 Å². The Morgan fingerprint density at radius 3 is 2.84 bits per heavy atom. The first-order chi connectivity index (χ1) is 9.15. The van der Waals surface area contributed by atoms with Crippen LogP contribution in [0.5, 0.6) is 0 Å². The molecule has 108 valence electrons. The summed E-state index contributed by atoms with van der Waals surface area (Å²) in [6.45, 7) is 7.22. The van der Waals surface area contributed by atoms with E-state index < -0.39 is 0 Å². The lowest BCUT2D eigenvalue weighted by Crippen LogP contribution is -2.37. The number of rotatable bonds is 5. The Morgan fingerprint density at radius 1 is 1.42 bits per heavy atom. The van der Waals surface area contributed by atoms with Crippen LogP contribution in [-0.4, -0.2) is 43.0 Å². The maximum atomic E-state index is 10.6. The zero-order valence-corrected chi connectivity index (χ0v) is 13.6. The monoisotopic (exact) mass is 300 g/mol. The number of aromatic nitrogens is 2. The Bertz CT molecular complexity index is 408. The molecule has 1 saturated heterocycles. The molecular formula is C14H24N2OS2. The smallest absolute Gasteiger partial charge is 0.0724 e. The molecule has 1 aromatic rings. The van der Waals surface area contributed by atoms with Crippen LogP contribution in [0, 0.1) is 6.92 Å². The summed E-state index contributed by atoms with van der Waals surface area (Å²) in [5.74, 6) is 2.38. The molecule has 0 saturated carbocycles. The Balaban J connectivity index is 2.04. The van der Waals surface area contributed by atoms with Gasteiger partial charge in [-0.25, -0.2) is 0 Å². The molecule has 0 radical (unpaired) electrons. The highest BCUT2D eigenvalue weighted by Gasteiger charge is 2.31. The van der Waals surface area contributed by atoms with Crippen molar-refractivity contribution in [2.45, 2.75) is 56.8 Å². The van der Waals surface area contributed by atoms with Crippen molar-refractivity contribution in [2.24, 2.45) is 0 Å². The minimum Gasteiger partial charge on any atom is -0.392 e. The molecule has 0 aliphatic carbocycles. The van der Waals surface area contributed by atoms with Gasteiger partial charge in [-0.2, -0.15) is 28.6 Å². The third kappa shape index (κ3) is 3.70. The molecule has 1 aromatic heterocycles. The van der Waals surface area contributed by atoms with Crippen LogP contribution in [0.3, 0.4) is 0 Å². The molecule has 2 heterocycles. The van der Waals surface area contributed by atoms with E-state index in [9.17, 15) is 5.11 Å². The van der Waals surface area contributed by atoms with Gasteiger partial charge in [0.05, 0.1) is 11.8 Å². The number of hydrogen-bond acceptors (Lipinski definition) is 4. The summed E-state index contributed by atoms with van der Waals surface area (Å²) in [7, 11) is 0. The van der Waals surface area contributed by atoms with Crippen molar-refractivity contribution in [1.82, 2.24) is 9.78 Å². The quantitative estimate of drug-likeness (QED) is 0.907. The molecular weight excluding hydrogens is 276 g/mol. The normalized spacial score (nSPS) is 25.5. The predicted octanol–water partition coefficient (Wildman–Crippen LogP) is 2.74. The molecule has 0 aromatic carbocycles. The van der Waals surface area contributed by atoms with E-state index in [0.29, 0.717) is 10.5 Å². The van der Waals surface area contributed by atoms with Crippen molar-refractivity contribution in [3.8, 4) is 0 Å². The standard InChI is InChI=1S/C14H24N2OS2/c1-4-13-14(19-7-6-18-13)12(17)9-11-8-10(3)15-16(11)5-2/h8,12-14,17H,4-7,9H2,1-3H3. The molecule has 0 spiro atoms. The lowest BCUT2D eigenvalue weighted by atomic mass is 10.1. The maximum absolute atomic E-state index is 10.6. The number of nitrogens with zero attached hydrogens (tertiary/aromatic N) is 2. The van der Waals surface area contributed by atoms with Crippen molar-refractivity contribution in [1.29, 1.82) is 0 Å². The number of aliphatic hydroxyl groups excluding tert-OH is 1. The summed E-state index contributed by atoms with van der Waals surface area (Å²) in [4.78, 5) is 0. The van der Waals surface area contributed by atoms with Crippen molar-refractivity contribution in [2.75, 3.05) is 11.5 Å². The summed E-state index contributed by atoms with van der Waals surface area (Å²) in [5, 5.41) is 16.0. The minimum atomic E-state index is -0.260. The lowest BCUT2D eigenvalue weighted by Gasteiger charge is -2.33. The van der Waals surface area contributed by atoms with E-state index in [2.05, 4.69) is 25.0 Å². The fraction of sp³-hybridized carbons (Fsp3) is 0.786. The van der Waals surface area contributed by atoms with Gasteiger partial charge < -0.3 is 5.11 Å². The fourth-order valence-electron chi connectivity index (χ4n) is 2.66. The fourth-order valence-corrected chi connectivity index (χ4v) is 5.81. The zero-order valence-electron chi connectivity index (χ0n) is 12.0. The number of thioether (sulfide) groups is 2. The molecule has 2 rings (SSSR count). The molecule has 1 fully saturated rings. The highest BCUT2D eigenvalue weighted by Crippen LogP contribution is 2.36. The van der Waals surface area contributed by atoms with Crippen LogP contribution in [0.2, 0.25) is 0 Å². The summed E-state index contributed by atoms with van der Waals surface area (Å²) in [5.41, 5.74) is 2.21. The van der Waals surface area contributed by atoms with Crippen molar-refractivity contribution in [3.05, 3.63) is 17.5 Å². The predicted molar refractivity (Wildman–Crippen MR) is 85.1 cm³/mol. The Hall–Kier alpha value is -0.130. The van der Waals surface area contributed by atoms with Gasteiger partial charge in [-0.15, -0.1) is 0 Å². The largest absolute Gasteiger partial charge is 0.392 e. The van der Waals surface area contributed by atoms with Crippen LogP contribution < -0.4 is 0 Å². The van der Waals surface area contributed by atoms with E-state index in [1.165, 1.54) is 11.4 Å². The first kappa shape index (κ1) is 15.3. The molecule has 1 aliphatic rings. The molecule has 0 amide bonds. The Morgan fingerprint density at radius 2 is 2.16 bits per heavy atom. The van der Waals surface area contributed by atoms with Gasteiger partial charge in [-0.1, -0.05) is 6.92 Å². The molecule has 3 nitrogen and oxygen atoms in total. The van der Waals surface area contributed by atoms with E-state index in [1.807, 2.05) is 35.1 Å². The van der Waals surface area contributed by atoms with Gasteiger partial charge in [0.15, 0.2) is 0 Å². The number of aliphatic hydroxyl groups is 1. The number of aryl methyl sites for hydroxylation is 2. The molecule has 3 atom stereocenters.